The average molecular weight is 261 g/mol. The number of fused-ring (bicyclic) bond motifs is 1. The Labute approximate surface area is 109 Å². The zero-order valence-electron chi connectivity index (χ0n) is 9.48. The zero-order valence-corrected chi connectivity index (χ0v) is 10.2. The molecule has 1 heterocycles. The number of benzene rings is 2. The van der Waals surface area contributed by atoms with Gasteiger partial charge in [0.25, 0.3) is 0 Å². The molecule has 0 aliphatic carbocycles. The fraction of sp³-hybridized carbons (Fsp3) is 0.0714. The highest BCUT2D eigenvalue weighted by Crippen LogP contribution is 2.23. The van der Waals surface area contributed by atoms with Crippen LogP contribution in [0.5, 0.6) is 0 Å². The molecule has 90 valence electrons. The lowest BCUT2D eigenvalue weighted by atomic mass is 10.2. The number of imidazole rings is 1. The van der Waals surface area contributed by atoms with Gasteiger partial charge in [0.1, 0.15) is 11.6 Å². The summed E-state index contributed by atoms with van der Waals surface area (Å²) in [7, 11) is 0. The van der Waals surface area contributed by atoms with E-state index < -0.39 is 0 Å². The predicted molar refractivity (Wildman–Crippen MR) is 70.6 cm³/mol. The van der Waals surface area contributed by atoms with Gasteiger partial charge in [-0.2, -0.15) is 0 Å². The van der Waals surface area contributed by atoms with Gasteiger partial charge in [0.2, 0.25) is 0 Å². The van der Waals surface area contributed by atoms with E-state index in [1.807, 2.05) is 34.9 Å². The van der Waals surface area contributed by atoms with Crippen molar-refractivity contribution < 1.29 is 4.39 Å². The van der Waals surface area contributed by atoms with E-state index in [-0.39, 0.29) is 11.7 Å². The molecule has 2 aromatic carbocycles. The summed E-state index contributed by atoms with van der Waals surface area (Å²) in [6.07, 6.45) is 0. The summed E-state index contributed by atoms with van der Waals surface area (Å²) in [5, 5.41) is 0. The Kier molecular flexibility index (Phi) is 2.76. The maximum absolute atomic E-state index is 13.2. The van der Waals surface area contributed by atoms with E-state index in [0.29, 0.717) is 11.3 Å². The van der Waals surface area contributed by atoms with Crippen molar-refractivity contribution in [2.45, 2.75) is 5.88 Å². The van der Waals surface area contributed by atoms with Crippen LogP contribution in [0.25, 0.3) is 16.7 Å². The van der Waals surface area contributed by atoms with Crippen LogP contribution in [-0.4, -0.2) is 9.55 Å². The third kappa shape index (κ3) is 1.77. The second-order valence-corrected chi connectivity index (χ2v) is 4.23. The molecule has 3 aromatic rings. The Balaban J connectivity index is 2.33. The van der Waals surface area contributed by atoms with Gasteiger partial charge >= 0.3 is 0 Å². The standard InChI is InChI=1S/C14H10ClFN2/c15-9-14-17-12-8-10(16)6-7-13(12)18(14)11-4-2-1-3-5-11/h1-8H,9H2. The van der Waals surface area contributed by atoms with Crippen molar-refractivity contribution in [3.63, 3.8) is 0 Å². The molecule has 0 amide bonds. The van der Waals surface area contributed by atoms with Crippen LogP contribution in [0.3, 0.4) is 0 Å². The molecule has 0 aliphatic heterocycles. The first kappa shape index (κ1) is 11.2. The minimum Gasteiger partial charge on any atom is -0.295 e. The second-order valence-electron chi connectivity index (χ2n) is 3.97. The van der Waals surface area contributed by atoms with E-state index in [1.165, 1.54) is 12.1 Å². The van der Waals surface area contributed by atoms with Gasteiger partial charge in [-0.05, 0) is 24.3 Å². The van der Waals surface area contributed by atoms with Gasteiger partial charge in [0.15, 0.2) is 0 Å². The molecule has 18 heavy (non-hydrogen) atoms. The van der Waals surface area contributed by atoms with Crippen molar-refractivity contribution >= 4 is 22.6 Å². The van der Waals surface area contributed by atoms with E-state index in [4.69, 9.17) is 11.6 Å². The summed E-state index contributed by atoms with van der Waals surface area (Å²) < 4.78 is 15.1. The summed E-state index contributed by atoms with van der Waals surface area (Å²) in [4.78, 5) is 4.36. The second kappa shape index (κ2) is 4.42. The van der Waals surface area contributed by atoms with E-state index >= 15 is 0 Å². The van der Waals surface area contributed by atoms with Crippen molar-refractivity contribution in [1.82, 2.24) is 9.55 Å². The number of alkyl halides is 1. The summed E-state index contributed by atoms with van der Waals surface area (Å²) in [5.41, 5.74) is 2.45. The number of para-hydroxylation sites is 1. The van der Waals surface area contributed by atoms with Crippen molar-refractivity contribution in [2.24, 2.45) is 0 Å². The normalized spacial score (nSPS) is 11.0. The Morgan fingerprint density at radius 1 is 1.11 bits per heavy atom. The molecule has 0 saturated carbocycles. The van der Waals surface area contributed by atoms with Crippen LogP contribution in [0.15, 0.2) is 48.5 Å². The molecule has 2 nitrogen and oxygen atoms in total. The van der Waals surface area contributed by atoms with Gasteiger partial charge in [-0.1, -0.05) is 18.2 Å². The van der Waals surface area contributed by atoms with Gasteiger partial charge in [0, 0.05) is 11.8 Å². The molecule has 1 aromatic heterocycles. The van der Waals surface area contributed by atoms with E-state index in [1.54, 1.807) is 6.07 Å². The lowest BCUT2D eigenvalue weighted by Gasteiger charge is -2.07. The van der Waals surface area contributed by atoms with Crippen LogP contribution >= 0.6 is 11.6 Å². The fourth-order valence-corrected chi connectivity index (χ4v) is 2.24. The van der Waals surface area contributed by atoms with E-state index in [0.717, 1.165) is 11.2 Å². The molecule has 0 radical (unpaired) electrons. The SMILES string of the molecule is Fc1ccc2c(c1)nc(CCl)n2-c1ccccc1. The smallest absolute Gasteiger partial charge is 0.129 e. The highest BCUT2D eigenvalue weighted by molar-refractivity contribution is 6.17. The molecular weight excluding hydrogens is 251 g/mol. The lowest BCUT2D eigenvalue weighted by Crippen LogP contribution is -1.98. The predicted octanol–water partition coefficient (Wildman–Crippen LogP) is 3.90. The van der Waals surface area contributed by atoms with Crippen LogP contribution in [0.2, 0.25) is 0 Å². The number of hydrogen-bond donors (Lipinski definition) is 0. The van der Waals surface area contributed by atoms with Gasteiger partial charge < -0.3 is 0 Å². The molecule has 0 fully saturated rings. The highest BCUT2D eigenvalue weighted by atomic mass is 35.5. The summed E-state index contributed by atoms with van der Waals surface area (Å²) in [6, 6.07) is 14.4. The summed E-state index contributed by atoms with van der Waals surface area (Å²) >= 11 is 5.92. The highest BCUT2D eigenvalue weighted by Gasteiger charge is 2.11. The van der Waals surface area contributed by atoms with Crippen molar-refractivity contribution in [1.29, 1.82) is 0 Å². The molecule has 0 spiro atoms. The molecule has 0 N–H and O–H groups in total. The Morgan fingerprint density at radius 2 is 1.89 bits per heavy atom. The molecular formula is C14H10ClFN2. The molecule has 4 heteroatoms. The number of hydrogen-bond acceptors (Lipinski definition) is 1. The van der Waals surface area contributed by atoms with Crippen LogP contribution in [-0.2, 0) is 5.88 Å². The Morgan fingerprint density at radius 3 is 2.61 bits per heavy atom. The third-order valence-corrected chi connectivity index (χ3v) is 3.06. The number of aromatic nitrogens is 2. The van der Waals surface area contributed by atoms with Gasteiger partial charge in [-0.3, -0.25) is 4.57 Å². The van der Waals surface area contributed by atoms with Crippen molar-refractivity contribution in [2.75, 3.05) is 0 Å². The number of rotatable bonds is 2. The van der Waals surface area contributed by atoms with Crippen LogP contribution in [0.4, 0.5) is 4.39 Å². The molecule has 0 unspecified atom stereocenters. The van der Waals surface area contributed by atoms with Crippen LogP contribution < -0.4 is 0 Å². The topological polar surface area (TPSA) is 17.8 Å². The lowest BCUT2D eigenvalue weighted by molar-refractivity contribution is 0.629. The fourth-order valence-electron chi connectivity index (χ4n) is 2.06. The monoisotopic (exact) mass is 260 g/mol. The first-order valence-corrected chi connectivity index (χ1v) is 6.11. The van der Waals surface area contributed by atoms with Crippen molar-refractivity contribution in [3.05, 3.63) is 60.2 Å². The Hall–Kier alpha value is -1.87. The first-order valence-electron chi connectivity index (χ1n) is 5.58. The van der Waals surface area contributed by atoms with Gasteiger partial charge in [-0.25, -0.2) is 9.37 Å². The minimum atomic E-state index is -0.290. The van der Waals surface area contributed by atoms with Crippen molar-refractivity contribution in [3.8, 4) is 5.69 Å². The molecule has 0 saturated heterocycles. The Bertz CT molecular complexity index is 692. The number of halogens is 2. The van der Waals surface area contributed by atoms with E-state index in [2.05, 4.69) is 4.98 Å². The average Bonchev–Trinajstić information content (AvgIpc) is 2.77. The molecule has 0 bridgehead atoms. The quantitative estimate of drug-likeness (QED) is 0.639. The maximum atomic E-state index is 13.2. The summed E-state index contributed by atoms with van der Waals surface area (Å²) in [6.45, 7) is 0. The van der Waals surface area contributed by atoms with E-state index in [9.17, 15) is 4.39 Å². The van der Waals surface area contributed by atoms with Crippen LogP contribution in [0.1, 0.15) is 5.82 Å². The van der Waals surface area contributed by atoms with Gasteiger partial charge in [-0.15, -0.1) is 11.6 Å². The summed E-state index contributed by atoms with van der Waals surface area (Å²) in [5.74, 6) is 0.704. The zero-order chi connectivity index (χ0) is 12.5. The van der Waals surface area contributed by atoms with Crippen LogP contribution in [0, 0.1) is 5.82 Å². The van der Waals surface area contributed by atoms with Gasteiger partial charge in [0.05, 0.1) is 16.9 Å². The minimum absolute atomic E-state index is 0.283. The largest absolute Gasteiger partial charge is 0.295 e. The number of nitrogens with zero attached hydrogens (tertiary/aromatic N) is 2. The molecule has 0 atom stereocenters. The molecule has 3 rings (SSSR count). The molecule has 0 aliphatic rings. The first-order chi connectivity index (χ1) is 8.79. The third-order valence-electron chi connectivity index (χ3n) is 2.82. The maximum Gasteiger partial charge on any atom is 0.129 e.